The van der Waals surface area contributed by atoms with Gasteiger partial charge in [0.05, 0.1) is 19.2 Å². The highest BCUT2D eigenvalue weighted by atomic mass is 32.1. The quantitative estimate of drug-likeness (QED) is 0.745. The number of thiazole rings is 1. The fourth-order valence-corrected chi connectivity index (χ4v) is 2.38. The molecule has 0 fully saturated rings. The molecule has 0 amide bonds. The smallest absolute Gasteiger partial charge is 0.305 e. The lowest BCUT2D eigenvalue weighted by Gasteiger charge is -2.34. The highest BCUT2D eigenvalue weighted by molar-refractivity contribution is 7.13. The first-order chi connectivity index (χ1) is 8.40. The standard InChI is InChI=1S/C13H22N2O2S/c1-6-13(2,3)15(4)12-14-10(9-18-12)7-8-11(16)17-5/h9H,6-8H2,1-5H3. The van der Waals surface area contributed by atoms with Gasteiger partial charge in [-0.2, -0.15) is 0 Å². The third-order valence-electron chi connectivity index (χ3n) is 3.41. The normalized spacial score (nSPS) is 11.4. The summed E-state index contributed by atoms with van der Waals surface area (Å²) in [6.07, 6.45) is 2.09. The number of carbonyl (C=O) groups excluding carboxylic acids is 1. The van der Waals surface area contributed by atoms with Crippen LogP contribution in [0, 0.1) is 0 Å². The molecular weight excluding hydrogens is 248 g/mol. The second-order valence-corrected chi connectivity index (χ2v) is 5.76. The predicted molar refractivity (Wildman–Crippen MR) is 75.2 cm³/mol. The van der Waals surface area contributed by atoms with Crippen molar-refractivity contribution < 1.29 is 9.53 Å². The largest absolute Gasteiger partial charge is 0.469 e. The molecule has 18 heavy (non-hydrogen) atoms. The maximum atomic E-state index is 11.1. The second-order valence-electron chi connectivity index (χ2n) is 4.92. The van der Waals surface area contributed by atoms with Gasteiger partial charge in [-0.1, -0.05) is 6.92 Å². The number of hydrogen-bond donors (Lipinski definition) is 0. The van der Waals surface area contributed by atoms with Gasteiger partial charge in [-0.05, 0) is 20.3 Å². The number of aryl methyl sites for hydroxylation is 1. The van der Waals surface area contributed by atoms with Gasteiger partial charge in [0.2, 0.25) is 0 Å². The lowest BCUT2D eigenvalue weighted by molar-refractivity contribution is -0.140. The van der Waals surface area contributed by atoms with Crippen LogP contribution in [0.4, 0.5) is 5.13 Å². The first kappa shape index (κ1) is 15.0. The number of nitrogens with zero attached hydrogens (tertiary/aromatic N) is 2. The van der Waals surface area contributed by atoms with Crippen LogP contribution in [0.1, 0.15) is 39.3 Å². The van der Waals surface area contributed by atoms with E-state index in [-0.39, 0.29) is 11.5 Å². The molecular formula is C13H22N2O2S. The van der Waals surface area contributed by atoms with Crippen molar-refractivity contribution in [1.82, 2.24) is 4.98 Å². The molecule has 0 saturated heterocycles. The van der Waals surface area contributed by atoms with Gasteiger partial charge in [0, 0.05) is 24.4 Å². The molecule has 0 bridgehead atoms. The summed E-state index contributed by atoms with van der Waals surface area (Å²) in [6, 6.07) is 0. The zero-order chi connectivity index (χ0) is 13.8. The molecule has 102 valence electrons. The average molecular weight is 270 g/mol. The highest BCUT2D eigenvalue weighted by Gasteiger charge is 2.23. The predicted octanol–water partition coefficient (Wildman–Crippen LogP) is 2.87. The van der Waals surface area contributed by atoms with Crippen LogP contribution in [0.25, 0.3) is 0 Å². The number of methoxy groups -OCH3 is 1. The summed E-state index contributed by atoms with van der Waals surface area (Å²) in [6.45, 7) is 6.56. The minimum absolute atomic E-state index is 0.0947. The minimum atomic E-state index is -0.188. The molecule has 1 heterocycles. The van der Waals surface area contributed by atoms with Crippen molar-refractivity contribution >= 4 is 22.4 Å². The average Bonchev–Trinajstić information content (AvgIpc) is 2.83. The van der Waals surface area contributed by atoms with Gasteiger partial charge in [-0.15, -0.1) is 11.3 Å². The summed E-state index contributed by atoms with van der Waals surface area (Å²) in [5, 5.41) is 3.02. The number of hydrogen-bond acceptors (Lipinski definition) is 5. The van der Waals surface area contributed by atoms with Crippen LogP contribution in [-0.4, -0.2) is 30.6 Å². The van der Waals surface area contributed by atoms with E-state index in [0.717, 1.165) is 17.2 Å². The van der Waals surface area contributed by atoms with Gasteiger partial charge in [0.1, 0.15) is 0 Å². The van der Waals surface area contributed by atoms with E-state index < -0.39 is 0 Å². The topological polar surface area (TPSA) is 42.4 Å². The summed E-state index contributed by atoms with van der Waals surface area (Å²) < 4.78 is 4.62. The summed E-state index contributed by atoms with van der Waals surface area (Å²) in [5.41, 5.74) is 1.05. The molecule has 1 rings (SSSR count). The number of anilines is 1. The molecule has 0 unspecified atom stereocenters. The van der Waals surface area contributed by atoms with Gasteiger partial charge in [-0.3, -0.25) is 4.79 Å². The van der Waals surface area contributed by atoms with Crippen molar-refractivity contribution in [3.8, 4) is 0 Å². The summed E-state index contributed by atoms with van der Waals surface area (Å²) in [4.78, 5) is 17.8. The van der Waals surface area contributed by atoms with Crippen LogP contribution >= 0.6 is 11.3 Å². The van der Waals surface area contributed by atoms with Crippen molar-refractivity contribution in [2.75, 3.05) is 19.1 Å². The Bertz CT molecular complexity index is 401. The maximum Gasteiger partial charge on any atom is 0.305 e. The second kappa shape index (κ2) is 6.18. The Morgan fingerprint density at radius 3 is 2.78 bits per heavy atom. The Balaban J connectivity index is 2.66. The Kier molecular flexibility index (Phi) is 5.14. The molecule has 0 aromatic carbocycles. The first-order valence-corrected chi connectivity index (χ1v) is 7.03. The lowest BCUT2D eigenvalue weighted by Crippen LogP contribution is -2.40. The fourth-order valence-electron chi connectivity index (χ4n) is 1.39. The Morgan fingerprint density at radius 2 is 2.22 bits per heavy atom. The maximum absolute atomic E-state index is 11.1. The molecule has 1 aromatic rings. The fraction of sp³-hybridized carbons (Fsp3) is 0.692. The van der Waals surface area contributed by atoms with Crippen LogP contribution in [0.3, 0.4) is 0 Å². The molecule has 0 N–H and O–H groups in total. The van der Waals surface area contributed by atoms with Crippen molar-refractivity contribution in [1.29, 1.82) is 0 Å². The molecule has 0 aliphatic heterocycles. The summed E-state index contributed by atoms with van der Waals surface area (Å²) in [7, 11) is 3.47. The van der Waals surface area contributed by atoms with Gasteiger partial charge in [0.25, 0.3) is 0 Å². The molecule has 0 spiro atoms. The van der Waals surface area contributed by atoms with Gasteiger partial charge in [-0.25, -0.2) is 4.98 Å². The van der Waals surface area contributed by atoms with E-state index >= 15 is 0 Å². The van der Waals surface area contributed by atoms with Gasteiger partial charge in [0.15, 0.2) is 5.13 Å². The van der Waals surface area contributed by atoms with Crippen LogP contribution in [0.2, 0.25) is 0 Å². The Labute approximate surface area is 113 Å². The number of aromatic nitrogens is 1. The Morgan fingerprint density at radius 1 is 1.56 bits per heavy atom. The van der Waals surface area contributed by atoms with Crippen molar-refractivity contribution in [3.63, 3.8) is 0 Å². The molecule has 0 aliphatic carbocycles. The van der Waals surface area contributed by atoms with Crippen molar-refractivity contribution in [2.24, 2.45) is 0 Å². The van der Waals surface area contributed by atoms with E-state index in [9.17, 15) is 4.79 Å². The third-order valence-corrected chi connectivity index (χ3v) is 4.38. The minimum Gasteiger partial charge on any atom is -0.469 e. The zero-order valence-corrected chi connectivity index (χ0v) is 12.6. The van der Waals surface area contributed by atoms with Gasteiger partial charge < -0.3 is 9.64 Å². The van der Waals surface area contributed by atoms with E-state index in [2.05, 4.69) is 42.4 Å². The molecule has 0 saturated carbocycles. The molecule has 0 atom stereocenters. The molecule has 1 aromatic heterocycles. The lowest BCUT2D eigenvalue weighted by atomic mass is 10.0. The Hall–Kier alpha value is -1.10. The molecule has 4 nitrogen and oxygen atoms in total. The third kappa shape index (κ3) is 3.70. The van der Waals surface area contributed by atoms with Gasteiger partial charge >= 0.3 is 5.97 Å². The number of esters is 1. The van der Waals surface area contributed by atoms with Crippen LogP contribution < -0.4 is 4.90 Å². The molecule has 5 heteroatoms. The van der Waals surface area contributed by atoms with E-state index in [1.165, 1.54) is 7.11 Å². The molecule has 0 radical (unpaired) electrons. The SMILES string of the molecule is CCC(C)(C)N(C)c1nc(CCC(=O)OC)cs1. The van der Waals surface area contributed by atoms with E-state index in [1.54, 1.807) is 11.3 Å². The monoisotopic (exact) mass is 270 g/mol. The molecule has 0 aliphatic rings. The van der Waals surface area contributed by atoms with Crippen molar-refractivity contribution in [3.05, 3.63) is 11.1 Å². The highest BCUT2D eigenvalue weighted by Crippen LogP contribution is 2.28. The number of carbonyl (C=O) groups is 1. The number of rotatable bonds is 6. The van der Waals surface area contributed by atoms with E-state index in [1.807, 2.05) is 5.38 Å². The first-order valence-electron chi connectivity index (χ1n) is 6.15. The van der Waals surface area contributed by atoms with Crippen molar-refractivity contribution in [2.45, 2.75) is 45.6 Å². The summed E-state index contributed by atoms with van der Waals surface area (Å²) >= 11 is 1.62. The van der Waals surface area contributed by atoms with E-state index in [0.29, 0.717) is 12.8 Å². The van der Waals surface area contributed by atoms with Crippen LogP contribution in [0.5, 0.6) is 0 Å². The number of ether oxygens (including phenoxy) is 1. The summed E-state index contributed by atoms with van der Waals surface area (Å²) in [5.74, 6) is -0.188. The van der Waals surface area contributed by atoms with E-state index in [4.69, 9.17) is 0 Å². The zero-order valence-electron chi connectivity index (χ0n) is 11.8. The van der Waals surface area contributed by atoms with Crippen LogP contribution in [-0.2, 0) is 16.0 Å². The van der Waals surface area contributed by atoms with Crippen LogP contribution in [0.15, 0.2) is 5.38 Å².